The van der Waals surface area contributed by atoms with Crippen LogP contribution in [-0.4, -0.2) is 83.0 Å². The molecule has 2 aliphatic rings. The zero-order valence-electron chi connectivity index (χ0n) is 25.1. The topological polar surface area (TPSA) is 117 Å². The smallest absolute Gasteiger partial charge is 0.447 e. The summed E-state index contributed by atoms with van der Waals surface area (Å²) >= 11 is 0. The van der Waals surface area contributed by atoms with Crippen LogP contribution in [0.25, 0.3) is 0 Å². The number of rotatable bonds is 10. The van der Waals surface area contributed by atoms with E-state index in [9.17, 15) is 33.7 Å². The monoisotopic (exact) mass is 608 g/mol. The highest BCUT2D eigenvalue weighted by atomic mass is 19.1. The van der Waals surface area contributed by atoms with Crippen molar-refractivity contribution >= 4 is 24.8 Å². The van der Waals surface area contributed by atoms with Crippen LogP contribution in [0.5, 0.6) is 0 Å². The Morgan fingerprint density at radius 1 is 1.14 bits per heavy atom. The van der Waals surface area contributed by atoms with Crippen LogP contribution in [0.1, 0.15) is 51.1 Å². The highest BCUT2D eigenvalue weighted by Crippen LogP contribution is 2.33. The molecular weight excluding hydrogens is 569 g/mol. The lowest BCUT2D eigenvalue weighted by molar-refractivity contribution is -0.131. The molecule has 12 heteroatoms. The molecule has 2 aromatic rings. The first-order valence-corrected chi connectivity index (χ1v) is 15.0. The minimum atomic E-state index is -1.77. The lowest BCUT2D eigenvalue weighted by Crippen LogP contribution is -2.48. The lowest BCUT2D eigenvalue weighted by Gasteiger charge is -2.37. The maximum absolute atomic E-state index is 13.9. The molecule has 2 aromatic carbocycles. The van der Waals surface area contributed by atoms with Crippen molar-refractivity contribution < 1.29 is 33.2 Å². The van der Waals surface area contributed by atoms with Gasteiger partial charge in [-0.25, -0.2) is 13.6 Å². The molecule has 2 aliphatic heterocycles. The zero-order chi connectivity index (χ0) is 31.9. The number of anilines is 1. The van der Waals surface area contributed by atoms with Gasteiger partial charge in [0.2, 0.25) is 0 Å². The molecule has 1 unspecified atom stereocenters. The van der Waals surface area contributed by atoms with Gasteiger partial charge in [0.25, 0.3) is 5.91 Å². The van der Waals surface area contributed by atoms with Gasteiger partial charge in [0.05, 0.1) is 12.1 Å². The van der Waals surface area contributed by atoms with Crippen LogP contribution in [0, 0.1) is 17.1 Å². The van der Waals surface area contributed by atoms with Crippen LogP contribution in [-0.2, 0) is 9.53 Å². The number of piperidine rings is 1. The number of halogens is 2. The van der Waals surface area contributed by atoms with Gasteiger partial charge in [0.1, 0.15) is 30.2 Å². The van der Waals surface area contributed by atoms with E-state index in [0.29, 0.717) is 37.2 Å². The first kappa shape index (κ1) is 33.1. The fourth-order valence-corrected chi connectivity index (χ4v) is 5.94. The molecule has 0 saturated carbocycles. The quantitative estimate of drug-likeness (QED) is 0.229. The number of benzene rings is 2. The zero-order valence-corrected chi connectivity index (χ0v) is 25.1. The van der Waals surface area contributed by atoms with E-state index in [4.69, 9.17) is 4.74 Å². The summed E-state index contributed by atoms with van der Waals surface area (Å²) in [5.41, 5.74) is 0.147. The third-order valence-corrected chi connectivity index (χ3v) is 8.31. The Morgan fingerprint density at radius 2 is 1.84 bits per heavy atom. The van der Waals surface area contributed by atoms with Crippen LogP contribution < -0.4 is 4.90 Å². The van der Waals surface area contributed by atoms with Gasteiger partial charge < -0.3 is 19.7 Å². The van der Waals surface area contributed by atoms with E-state index in [-0.39, 0.29) is 25.0 Å². The molecule has 2 N–H and O–H groups in total. The summed E-state index contributed by atoms with van der Waals surface area (Å²) in [6.45, 7) is 4.71. The molecule has 2 heterocycles. The average molecular weight is 608 g/mol. The molecule has 0 aromatic heterocycles. The van der Waals surface area contributed by atoms with Gasteiger partial charge in [-0.1, -0.05) is 30.3 Å². The molecule has 2 amide bonds. The van der Waals surface area contributed by atoms with E-state index in [1.165, 1.54) is 29.2 Å². The summed E-state index contributed by atoms with van der Waals surface area (Å²) < 4.78 is 33.4. The highest BCUT2D eigenvalue weighted by Gasteiger charge is 2.36. The van der Waals surface area contributed by atoms with E-state index >= 15 is 0 Å². The molecule has 0 aliphatic carbocycles. The van der Waals surface area contributed by atoms with Crippen LogP contribution in [0.4, 0.5) is 19.3 Å². The summed E-state index contributed by atoms with van der Waals surface area (Å²) in [4.78, 5) is 32.1. The van der Waals surface area contributed by atoms with Crippen molar-refractivity contribution in [1.82, 2.24) is 9.80 Å². The number of hydrogen-bond donors (Lipinski definition) is 2. The molecular formula is C32H39BF2N4O5. The van der Waals surface area contributed by atoms with Crippen LogP contribution >= 0.6 is 0 Å². The number of ether oxygens (including phenoxy) is 1. The number of amides is 2. The third-order valence-electron chi connectivity index (χ3n) is 8.31. The van der Waals surface area contributed by atoms with Gasteiger partial charge in [-0.15, -0.1) is 0 Å². The second kappa shape index (κ2) is 14.8. The minimum absolute atomic E-state index is 0.0465. The Labute approximate surface area is 257 Å². The average Bonchev–Trinajstić information content (AvgIpc) is 3.46. The first-order chi connectivity index (χ1) is 21.0. The summed E-state index contributed by atoms with van der Waals surface area (Å²) in [7, 11) is -1.77. The van der Waals surface area contributed by atoms with E-state index in [0.717, 1.165) is 12.8 Å². The van der Waals surface area contributed by atoms with Gasteiger partial charge >= 0.3 is 13.2 Å². The maximum atomic E-state index is 13.9. The predicted molar refractivity (Wildman–Crippen MR) is 163 cm³/mol. The Bertz CT molecular complexity index is 1350. The van der Waals surface area contributed by atoms with E-state index in [1.54, 1.807) is 41.3 Å². The molecule has 0 spiro atoms. The Morgan fingerprint density at radius 3 is 2.45 bits per heavy atom. The Balaban J connectivity index is 1.55. The third kappa shape index (κ3) is 8.23. The van der Waals surface area contributed by atoms with Crippen molar-refractivity contribution in [2.24, 2.45) is 0 Å². The van der Waals surface area contributed by atoms with Gasteiger partial charge in [0, 0.05) is 37.2 Å². The van der Waals surface area contributed by atoms with Crippen molar-refractivity contribution in [3.63, 3.8) is 0 Å². The van der Waals surface area contributed by atoms with E-state index in [2.05, 4.69) is 0 Å². The predicted octanol–water partition coefficient (Wildman–Crippen LogP) is 4.64. The number of carbonyl (C=O) groups excluding carboxylic acids is 2. The van der Waals surface area contributed by atoms with E-state index in [1.807, 2.05) is 24.8 Å². The van der Waals surface area contributed by atoms with Crippen molar-refractivity contribution in [3.05, 3.63) is 77.6 Å². The standard InChI is InChI=1S/C32H39BF2N4O5/c1-32(2,37-17-15-26(35)21-37)18-24(20-36)30(40)38-16-7-6-10-28(38)22-44-31(41)39(27-8-4-3-5-9-27)29(19-33(42)43)23-11-13-25(34)14-12-23/h3-5,8-9,11-14,18,26,28-29,42-43H,6-7,10,15-17,19,21-22H2,1-2H3/t26-,28?,29+/m0/s1. The number of alkyl halides is 1. The van der Waals surface area contributed by atoms with Gasteiger partial charge in [-0.3, -0.25) is 14.6 Å². The molecule has 0 bridgehead atoms. The molecule has 234 valence electrons. The normalized spacial score (nSPS) is 20.1. The number of para-hydroxylation sites is 1. The summed E-state index contributed by atoms with van der Waals surface area (Å²) in [5.74, 6) is -0.945. The van der Waals surface area contributed by atoms with Gasteiger partial charge in [-0.05, 0) is 75.4 Å². The number of likely N-dealkylation sites (tertiary alicyclic amines) is 2. The molecule has 4 rings (SSSR count). The number of carbonyl (C=O) groups is 2. The highest BCUT2D eigenvalue weighted by molar-refractivity contribution is 6.41. The molecule has 44 heavy (non-hydrogen) atoms. The fraction of sp³-hybridized carbons (Fsp3) is 0.469. The van der Waals surface area contributed by atoms with Gasteiger partial charge in [0.15, 0.2) is 0 Å². The van der Waals surface area contributed by atoms with Crippen LogP contribution in [0.15, 0.2) is 66.2 Å². The molecule has 2 saturated heterocycles. The largest absolute Gasteiger partial charge is 0.453 e. The number of nitrogens with zero attached hydrogens (tertiary/aromatic N) is 4. The van der Waals surface area contributed by atoms with Gasteiger partial charge in [-0.2, -0.15) is 5.26 Å². The lowest BCUT2D eigenvalue weighted by atomic mass is 9.78. The van der Waals surface area contributed by atoms with Crippen molar-refractivity contribution in [2.45, 2.75) is 69.6 Å². The summed E-state index contributed by atoms with van der Waals surface area (Å²) in [5, 5.41) is 29.7. The molecule has 0 radical (unpaired) electrons. The maximum Gasteiger partial charge on any atom is 0.453 e. The van der Waals surface area contributed by atoms with Crippen molar-refractivity contribution in [1.29, 1.82) is 5.26 Å². The van der Waals surface area contributed by atoms with Crippen molar-refractivity contribution in [2.75, 3.05) is 31.1 Å². The number of hydrogen-bond acceptors (Lipinski definition) is 7. The Kier molecular flexibility index (Phi) is 11.1. The first-order valence-electron chi connectivity index (χ1n) is 15.0. The second-order valence-electron chi connectivity index (χ2n) is 11.9. The van der Waals surface area contributed by atoms with Crippen molar-refractivity contribution in [3.8, 4) is 6.07 Å². The number of nitriles is 1. The van der Waals surface area contributed by atoms with Crippen LogP contribution in [0.3, 0.4) is 0 Å². The van der Waals surface area contributed by atoms with Crippen LogP contribution in [0.2, 0.25) is 6.32 Å². The SMILES string of the molecule is CC(C)(C=C(C#N)C(=O)N1CCCCC1COC(=O)N(c1ccccc1)[C@H](CB(O)O)c1ccc(F)cc1)N1CC[C@H](F)C1. The summed E-state index contributed by atoms with van der Waals surface area (Å²) in [6.07, 6.45) is 2.09. The Hall–Kier alpha value is -3.79. The molecule has 2 fully saturated rings. The molecule has 3 atom stereocenters. The molecule has 9 nitrogen and oxygen atoms in total. The fourth-order valence-electron chi connectivity index (χ4n) is 5.94. The summed E-state index contributed by atoms with van der Waals surface area (Å²) in [6, 6.07) is 14.6. The minimum Gasteiger partial charge on any atom is -0.447 e. The van der Waals surface area contributed by atoms with E-state index < -0.39 is 48.7 Å². The second-order valence-corrected chi connectivity index (χ2v) is 11.9.